The number of aliphatic hydroxyl groups excluding tert-OH is 1. The molecule has 0 saturated heterocycles. The number of ether oxygens (including phenoxy) is 1. The molecule has 2 amide bonds. The van der Waals surface area contributed by atoms with E-state index in [0.29, 0.717) is 36.0 Å². The third-order valence-electron chi connectivity index (χ3n) is 6.12. The van der Waals surface area contributed by atoms with E-state index in [9.17, 15) is 15.2 Å². The Kier molecular flexibility index (Phi) is 6.99. The van der Waals surface area contributed by atoms with Crippen LogP contribution in [0.5, 0.6) is 5.75 Å². The molecule has 1 aromatic carbocycles. The molecule has 7 nitrogen and oxygen atoms in total. The predicted octanol–water partition coefficient (Wildman–Crippen LogP) is 2.62. The number of urea groups is 1. The highest BCUT2D eigenvalue weighted by Gasteiger charge is 2.51. The first-order valence-corrected chi connectivity index (χ1v) is 10.6. The number of benzene rings is 1. The zero-order valence-electron chi connectivity index (χ0n) is 17.3. The topological polar surface area (TPSA) is 112 Å². The molecule has 4 N–H and O–H groups in total. The van der Waals surface area contributed by atoms with Crippen molar-refractivity contribution in [2.24, 2.45) is 23.5 Å². The van der Waals surface area contributed by atoms with E-state index >= 15 is 0 Å². The second kappa shape index (κ2) is 9.47. The number of nitrogens with one attached hydrogen (secondary N) is 1. The number of anilines is 1. The van der Waals surface area contributed by atoms with Gasteiger partial charge in [-0.25, -0.2) is 4.79 Å². The minimum absolute atomic E-state index is 0.0811. The molecule has 3 rings (SSSR count). The number of nitrogens with two attached hydrogens (primary N) is 1. The van der Waals surface area contributed by atoms with Crippen LogP contribution in [0.15, 0.2) is 18.2 Å². The molecule has 0 aromatic heterocycles. The number of carbonyl (C=O) groups is 1. The van der Waals surface area contributed by atoms with Crippen molar-refractivity contribution in [1.29, 1.82) is 5.26 Å². The Bertz CT molecular complexity index is 751. The zero-order valence-corrected chi connectivity index (χ0v) is 17.3. The van der Waals surface area contributed by atoms with Crippen LogP contribution < -0.4 is 20.7 Å². The minimum atomic E-state index is -0.677. The van der Waals surface area contributed by atoms with Crippen LogP contribution >= 0.6 is 0 Å². The average Bonchev–Trinajstić information content (AvgIpc) is 3.11. The molecule has 3 unspecified atom stereocenters. The molecule has 0 aliphatic heterocycles. The van der Waals surface area contributed by atoms with Gasteiger partial charge in [-0.2, -0.15) is 5.26 Å². The molecule has 7 heteroatoms. The summed E-state index contributed by atoms with van der Waals surface area (Å²) in [6.07, 6.45) is 4.24. The molecule has 3 atom stereocenters. The molecule has 2 aliphatic rings. The van der Waals surface area contributed by atoms with E-state index in [0.717, 1.165) is 18.3 Å². The van der Waals surface area contributed by atoms with Crippen molar-refractivity contribution in [3.8, 4) is 11.8 Å². The maximum Gasteiger partial charge on any atom is 0.319 e. The number of rotatable bonds is 10. The van der Waals surface area contributed by atoms with Gasteiger partial charge >= 0.3 is 6.03 Å². The Labute approximate surface area is 172 Å². The second-order valence-electron chi connectivity index (χ2n) is 8.52. The van der Waals surface area contributed by atoms with Crippen molar-refractivity contribution in [2.45, 2.75) is 51.7 Å². The Morgan fingerprint density at radius 2 is 2.14 bits per heavy atom. The third kappa shape index (κ3) is 5.40. The highest BCUT2D eigenvalue weighted by atomic mass is 16.5. The van der Waals surface area contributed by atoms with Crippen molar-refractivity contribution in [3.05, 3.63) is 23.8 Å². The molecule has 0 radical (unpaired) electrons. The average molecular weight is 401 g/mol. The predicted molar refractivity (Wildman–Crippen MR) is 112 cm³/mol. The summed E-state index contributed by atoms with van der Waals surface area (Å²) in [5.41, 5.74) is 6.54. The summed E-state index contributed by atoms with van der Waals surface area (Å²) in [6, 6.07) is 6.91. The van der Waals surface area contributed by atoms with Crippen LogP contribution in [0, 0.1) is 29.1 Å². The van der Waals surface area contributed by atoms with Crippen LogP contribution in [0.2, 0.25) is 0 Å². The largest absolute Gasteiger partial charge is 0.489 e. The normalized spacial score (nSPS) is 23.3. The molecule has 1 aromatic rings. The highest BCUT2D eigenvalue weighted by Crippen LogP contribution is 2.59. The maximum absolute atomic E-state index is 12.0. The van der Waals surface area contributed by atoms with Gasteiger partial charge in [-0.05, 0) is 55.2 Å². The number of carbonyl (C=O) groups excluding carboxylic acids is 1. The van der Waals surface area contributed by atoms with Gasteiger partial charge in [0.15, 0.2) is 0 Å². The van der Waals surface area contributed by atoms with Crippen molar-refractivity contribution in [2.75, 3.05) is 24.6 Å². The van der Waals surface area contributed by atoms with E-state index in [1.807, 2.05) is 13.8 Å². The van der Waals surface area contributed by atoms with E-state index in [1.54, 1.807) is 23.1 Å². The van der Waals surface area contributed by atoms with E-state index in [1.165, 1.54) is 19.3 Å². The fourth-order valence-corrected chi connectivity index (χ4v) is 4.56. The molecule has 0 bridgehead atoms. The summed E-state index contributed by atoms with van der Waals surface area (Å²) in [5, 5.41) is 22.6. The van der Waals surface area contributed by atoms with Crippen LogP contribution in [0.3, 0.4) is 0 Å². The first kappa shape index (κ1) is 21.4. The number of primary amides is 1. The lowest BCUT2D eigenvalue weighted by atomic mass is 10.1. The number of fused-ring (bicyclic) bond motifs is 1. The van der Waals surface area contributed by atoms with E-state index in [2.05, 4.69) is 11.4 Å². The summed E-state index contributed by atoms with van der Waals surface area (Å²) < 4.78 is 5.63. The molecule has 0 spiro atoms. The summed E-state index contributed by atoms with van der Waals surface area (Å²) in [6.45, 7) is 5.06. The van der Waals surface area contributed by atoms with Gasteiger partial charge in [0.25, 0.3) is 0 Å². The molecular weight excluding hydrogens is 368 g/mol. The van der Waals surface area contributed by atoms with Crippen molar-refractivity contribution >= 4 is 11.7 Å². The van der Waals surface area contributed by atoms with Crippen LogP contribution in [0.1, 0.15) is 45.1 Å². The molecule has 158 valence electrons. The standard InChI is InChI=1S/C22H32N4O3/c1-14(2)25-12-17(27)13-29-21-7-6-16(10-15(21)11-23)26(22(24)28)9-8-20-18-4-3-5-19(18)20/h6-7,10,14,17-20,25,27H,3-5,8-9,12-13H2,1-2H3,(H2,24,28). The molecule has 29 heavy (non-hydrogen) atoms. The maximum atomic E-state index is 12.0. The van der Waals surface area contributed by atoms with E-state index < -0.39 is 12.1 Å². The first-order valence-electron chi connectivity index (χ1n) is 10.6. The third-order valence-corrected chi connectivity index (χ3v) is 6.12. The number of aliphatic hydroxyl groups is 1. The van der Waals surface area contributed by atoms with Gasteiger partial charge in [-0.3, -0.25) is 4.90 Å². The molecule has 2 saturated carbocycles. The van der Waals surface area contributed by atoms with Gasteiger partial charge in [0.1, 0.15) is 24.5 Å². The minimum Gasteiger partial charge on any atom is -0.489 e. The van der Waals surface area contributed by atoms with E-state index in [-0.39, 0.29) is 12.6 Å². The van der Waals surface area contributed by atoms with Gasteiger partial charge in [0.05, 0.1) is 5.56 Å². The van der Waals surface area contributed by atoms with Crippen molar-refractivity contribution in [3.63, 3.8) is 0 Å². The van der Waals surface area contributed by atoms with Crippen LogP contribution in [0.25, 0.3) is 0 Å². The number of hydrogen-bond donors (Lipinski definition) is 3. The molecule has 0 heterocycles. The van der Waals surface area contributed by atoms with Gasteiger partial charge in [0.2, 0.25) is 0 Å². The summed E-state index contributed by atoms with van der Waals surface area (Å²) in [4.78, 5) is 13.5. The van der Waals surface area contributed by atoms with Crippen LogP contribution in [-0.2, 0) is 0 Å². The first-order chi connectivity index (χ1) is 13.9. The number of nitriles is 1. The van der Waals surface area contributed by atoms with Crippen LogP contribution in [-0.4, -0.2) is 43.0 Å². The Morgan fingerprint density at radius 1 is 1.41 bits per heavy atom. The van der Waals surface area contributed by atoms with E-state index in [4.69, 9.17) is 10.5 Å². The van der Waals surface area contributed by atoms with Crippen molar-refractivity contribution in [1.82, 2.24) is 5.32 Å². The Balaban J connectivity index is 1.59. The zero-order chi connectivity index (χ0) is 21.0. The number of amides is 2. The summed E-state index contributed by atoms with van der Waals surface area (Å²) >= 11 is 0. The van der Waals surface area contributed by atoms with Gasteiger partial charge < -0.3 is 20.9 Å². The quantitative estimate of drug-likeness (QED) is 0.559. The van der Waals surface area contributed by atoms with Crippen molar-refractivity contribution < 1.29 is 14.6 Å². The smallest absolute Gasteiger partial charge is 0.319 e. The SMILES string of the molecule is CC(C)NCC(O)COc1ccc(N(CCC2C3CCCC32)C(N)=O)cc1C#N. The lowest BCUT2D eigenvalue weighted by Gasteiger charge is -2.22. The fourth-order valence-electron chi connectivity index (χ4n) is 4.56. The summed E-state index contributed by atoms with van der Waals surface area (Å²) in [5.74, 6) is 2.78. The van der Waals surface area contributed by atoms with Gasteiger partial charge in [-0.15, -0.1) is 0 Å². The molecular formula is C22H32N4O3. The Morgan fingerprint density at radius 3 is 2.76 bits per heavy atom. The Hall–Kier alpha value is -2.30. The lowest BCUT2D eigenvalue weighted by molar-refractivity contribution is 0.104. The van der Waals surface area contributed by atoms with Crippen LogP contribution in [0.4, 0.5) is 10.5 Å². The molecule has 2 fully saturated rings. The molecule has 2 aliphatic carbocycles. The number of nitrogens with zero attached hydrogens (tertiary/aromatic N) is 2. The fraction of sp³-hybridized carbons (Fsp3) is 0.636. The second-order valence-corrected chi connectivity index (χ2v) is 8.52. The number of hydrogen-bond acceptors (Lipinski definition) is 5. The van der Waals surface area contributed by atoms with Gasteiger partial charge in [0, 0.05) is 24.8 Å². The lowest BCUT2D eigenvalue weighted by Crippen LogP contribution is -2.37. The van der Waals surface area contributed by atoms with Gasteiger partial charge in [-0.1, -0.05) is 20.3 Å². The summed E-state index contributed by atoms with van der Waals surface area (Å²) in [7, 11) is 0. The highest BCUT2D eigenvalue weighted by molar-refractivity contribution is 5.91. The monoisotopic (exact) mass is 400 g/mol.